The number of nitrogens with one attached hydrogen (secondary N) is 2. The van der Waals surface area contributed by atoms with E-state index in [9.17, 15) is 19.5 Å². The topological polar surface area (TPSA) is 108 Å². The minimum atomic E-state index is -1.04. The minimum absolute atomic E-state index is 0.0893. The molecule has 2 atom stereocenters. The summed E-state index contributed by atoms with van der Waals surface area (Å²) < 4.78 is 5.43. The average molecular weight is 546 g/mol. The van der Waals surface area contributed by atoms with Gasteiger partial charge in [0.25, 0.3) is 5.91 Å². The first-order chi connectivity index (χ1) is 18.7. The molecule has 3 aromatic rings. The third kappa shape index (κ3) is 8.09. The number of hydrogen-bond donors (Lipinski definition) is 3. The zero-order valence-electron chi connectivity index (χ0n) is 24.2. The molecule has 0 aliphatic heterocycles. The van der Waals surface area contributed by atoms with E-state index in [2.05, 4.69) is 10.6 Å². The molecule has 0 aliphatic carbocycles. The van der Waals surface area contributed by atoms with E-state index in [0.717, 1.165) is 16.7 Å². The van der Waals surface area contributed by atoms with Gasteiger partial charge in [-0.15, -0.1) is 0 Å². The van der Waals surface area contributed by atoms with E-state index in [0.29, 0.717) is 16.8 Å². The zero-order chi connectivity index (χ0) is 29.6. The number of benzene rings is 3. The van der Waals surface area contributed by atoms with Crippen LogP contribution in [0.5, 0.6) is 5.75 Å². The second kappa shape index (κ2) is 12.7. The lowest BCUT2D eigenvalue weighted by molar-refractivity contribution is -0.139. The molecule has 0 spiro atoms. The van der Waals surface area contributed by atoms with Gasteiger partial charge in [0.1, 0.15) is 23.4 Å². The molecule has 0 heterocycles. The molecular formula is C32H39N3O5. The number of carbonyl (C=O) groups excluding carboxylic acids is 3. The van der Waals surface area contributed by atoms with E-state index in [1.165, 1.54) is 17.0 Å². The number of phenols is 1. The number of likely N-dealkylation sites (N-methyl/N-ethyl adjacent to an activating group) is 1. The van der Waals surface area contributed by atoms with Crippen LogP contribution in [0.15, 0.2) is 66.7 Å². The molecule has 0 saturated carbocycles. The van der Waals surface area contributed by atoms with Crippen LogP contribution in [-0.4, -0.2) is 46.6 Å². The molecule has 8 nitrogen and oxygen atoms in total. The normalized spacial score (nSPS) is 12.7. The third-order valence-electron chi connectivity index (χ3n) is 6.47. The van der Waals surface area contributed by atoms with Gasteiger partial charge in [-0.1, -0.05) is 60.2 Å². The number of anilines is 1. The van der Waals surface area contributed by atoms with Crippen LogP contribution in [-0.2, 0) is 20.7 Å². The van der Waals surface area contributed by atoms with Crippen molar-refractivity contribution in [3.8, 4) is 5.75 Å². The molecule has 3 amide bonds. The van der Waals surface area contributed by atoms with Crippen LogP contribution in [0.3, 0.4) is 0 Å². The molecule has 8 heteroatoms. The summed E-state index contributed by atoms with van der Waals surface area (Å²) in [5.74, 6) is -0.759. The standard InChI is InChI=1S/C32H39N3O5/c1-20-11-15-24(16-12-20)28(29(37)34-27-21(2)9-8-10-22(27)3)35(7)30(38)26(33-31(39)40-32(4,5)6)19-23-13-17-25(36)18-14-23/h8-18,26,28,36H,19H2,1-7H3,(H,33,39)(H,34,37). The summed E-state index contributed by atoms with van der Waals surface area (Å²) in [5, 5.41) is 15.4. The molecule has 2 unspecified atom stereocenters. The van der Waals surface area contributed by atoms with Crippen molar-refractivity contribution in [1.29, 1.82) is 0 Å². The van der Waals surface area contributed by atoms with Crippen molar-refractivity contribution in [2.75, 3.05) is 12.4 Å². The van der Waals surface area contributed by atoms with Crippen molar-refractivity contribution in [2.45, 2.75) is 65.6 Å². The quantitative estimate of drug-likeness (QED) is 0.342. The molecule has 3 N–H and O–H groups in total. The smallest absolute Gasteiger partial charge is 0.408 e. The molecule has 212 valence electrons. The van der Waals surface area contributed by atoms with Crippen molar-refractivity contribution < 1.29 is 24.2 Å². The first-order valence-electron chi connectivity index (χ1n) is 13.2. The molecule has 3 aromatic carbocycles. The first-order valence-corrected chi connectivity index (χ1v) is 13.2. The summed E-state index contributed by atoms with van der Waals surface area (Å²) in [6, 6.07) is 17.5. The Hall–Kier alpha value is -4.33. The Labute approximate surface area is 236 Å². The molecule has 3 rings (SSSR count). The second-order valence-corrected chi connectivity index (χ2v) is 11.1. The Morgan fingerprint density at radius 3 is 2.02 bits per heavy atom. The number of aryl methyl sites for hydroxylation is 3. The molecular weight excluding hydrogens is 506 g/mol. The van der Waals surface area contributed by atoms with E-state index in [4.69, 9.17) is 4.74 Å². The van der Waals surface area contributed by atoms with Gasteiger partial charge >= 0.3 is 6.09 Å². The number of alkyl carbamates (subject to hydrolysis) is 1. The van der Waals surface area contributed by atoms with Crippen molar-refractivity contribution >= 4 is 23.6 Å². The van der Waals surface area contributed by atoms with E-state index in [1.54, 1.807) is 40.0 Å². The van der Waals surface area contributed by atoms with Gasteiger partial charge in [-0.05, 0) is 75.9 Å². The van der Waals surface area contributed by atoms with Gasteiger partial charge in [-0.3, -0.25) is 9.59 Å². The number of hydrogen-bond acceptors (Lipinski definition) is 5. The molecule has 0 bridgehead atoms. The van der Waals surface area contributed by atoms with Crippen LogP contribution >= 0.6 is 0 Å². The molecule has 0 saturated heterocycles. The fraction of sp³-hybridized carbons (Fsp3) is 0.344. The highest BCUT2D eigenvalue weighted by Gasteiger charge is 2.34. The lowest BCUT2D eigenvalue weighted by atomic mass is 9.99. The Morgan fingerprint density at radius 2 is 1.48 bits per heavy atom. The second-order valence-electron chi connectivity index (χ2n) is 11.1. The van der Waals surface area contributed by atoms with Gasteiger partial charge < -0.3 is 25.4 Å². The fourth-order valence-electron chi connectivity index (χ4n) is 4.39. The monoisotopic (exact) mass is 545 g/mol. The lowest BCUT2D eigenvalue weighted by Crippen LogP contribution is -2.52. The predicted molar refractivity (Wildman–Crippen MR) is 156 cm³/mol. The van der Waals surface area contributed by atoms with Crippen LogP contribution in [0, 0.1) is 20.8 Å². The number of para-hydroxylation sites is 1. The van der Waals surface area contributed by atoms with Gasteiger partial charge in [0.05, 0.1) is 0 Å². The summed E-state index contributed by atoms with van der Waals surface area (Å²) in [7, 11) is 1.55. The first kappa shape index (κ1) is 30.2. The van der Waals surface area contributed by atoms with Crippen LogP contribution < -0.4 is 10.6 Å². The summed E-state index contributed by atoms with van der Waals surface area (Å²) in [6.07, 6.45) is -0.619. The maximum Gasteiger partial charge on any atom is 0.408 e. The maximum atomic E-state index is 14.0. The average Bonchev–Trinajstić information content (AvgIpc) is 2.87. The number of carbonyl (C=O) groups is 3. The number of aromatic hydroxyl groups is 1. The van der Waals surface area contributed by atoms with E-state index in [-0.39, 0.29) is 18.1 Å². The maximum absolute atomic E-state index is 14.0. The number of nitrogens with zero attached hydrogens (tertiary/aromatic N) is 1. The Bertz CT molecular complexity index is 1320. The summed E-state index contributed by atoms with van der Waals surface area (Å²) in [5.41, 5.74) is 4.10. The Morgan fingerprint density at radius 1 is 0.900 bits per heavy atom. The molecule has 40 heavy (non-hydrogen) atoms. The molecule has 0 radical (unpaired) electrons. The predicted octanol–water partition coefficient (Wildman–Crippen LogP) is 5.59. The van der Waals surface area contributed by atoms with Crippen LogP contribution in [0.25, 0.3) is 0 Å². The molecule has 0 aromatic heterocycles. The van der Waals surface area contributed by atoms with Gasteiger partial charge in [0, 0.05) is 19.2 Å². The number of ether oxygens (including phenoxy) is 1. The van der Waals surface area contributed by atoms with Gasteiger partial charge in [-0.25, -0.2) is 4.79 Å². The van der Waals surface area contributed by atoms with Crippen LogP contribution in [0.1, 0.15) is 54.6 Å². The minimum Gasteiger partial charge on any atom is -0.508 e. The Kier molecular flexibility index (Phi) is 9.58. The summed E-state index contributed by atoms with van der Waals surface area (Å²) in [6.45, 7) is 11.0. The van der Waals surface area contributed by atoms with E-state index < -0.39 is 29.7 Å². The fourth-order valence-corrected chi connectivity index (χ4v) is 4.39. The van der Waals surface area contributed by atoms with Crippen molar-refractivity contribution in [1.82, 2.24) is 10.2 Å². The van der Waals surface area contributed by atoms with Crippen molar-refractivity contribution in [3.05, 3.63) is 94.5 Å². The summed E-state index contributed by atoms with van der Waals surface area (Å²) >= 11 is 0. The zero-order valence-corrected chi connectivity index (χ0v) is 24.2. The van der Waals surface area contributed by atoms with Gasteiger partial charge in [-0.2, -0.15) is 0 Å². The SMILES string of the molecule is Cc1ccc(C(C(=O)Nc2c(C)cccc2C)N(C)C(=O)C(Cc2ccc(O)cc2)NC(=O)OC(C)(C)C)cc1. The molecule has 0 fully saturated rings. The third-order valence-corrected chi connectivity index (χ3v) is 6.47. The van der Waals surface area contributed by atoms with E-state index >= 15 is 0 Å². The van der Waals surface area contributed by atoms with E-state index in [1.807, 2.05) is 63.2 Å². The molecule has 0 aliphatic rings. The largest absolute Gasteiger partial charge is 0.508 e. The highest BCUT2D eigenvalue weighted by molar-refractivity contribution is 5.99. The number of rotatable bonds is 8. The highest BCUT2D eigenvalue weighted by atomic mass is 16.6. The lowest BCUT2D eigenvalue weighted by Gasteiger charge is -2.32. The van der Waals surface area contributed by atoms with Crippen molar-refractivity contribution in [3.63, 3.8) is 0 Å². The van der Waals surface area contributed by atoms with Crippen LogP contribution in [0.4, 0.5) is 10.5 Å². The summed E-state index contributed by atoms with van der Waals surface area (Å²) in [4.78, 5) is 41.9. The van der Waals surface area contributed by atoms with Gasteiger partial charge in [0.2, 0.25) is 5.91 Å². The highest BCUT2D eigenvalue weighted by Crippen LogP contribution is 2.27. The Balaban J connectivity index is 1.97. The van der Waals surface area contributed by atoms with Crippen molar-refractivity contribution in [2.24, 2.45) is 0 Å². The number of amides is 3. The van der Waals surface area contributed by atoms with Gasteiger partial charge in [0.15, 0.2) is 0 Å². The number of phenolic OH excluding ortho intramolecular Hbond substituents is 1. The van der Waals surface area contributed by atoms with Crippen LogP contribution in [0.2, 0.25) is 0 Å².